The van der Waals surface area contributed by atoms with Crippen LogP contribution in [0.25, 0.3) is 0 Å². The second-order valence-electron chi connectivity index (χ2n) is 7.68. The average Bonchev–Trinajstić information content (AvgIpc) is 3.13. The Morgan fingerprint density at radius 1 is 1.28 bits per heavy atom. The van der Waals surface area contributed by atoms with Crippen molar-refractivity contribution in [1.82, 2.24) is 5.32 Å². The van der Waals surface area contributed by atoms with Crippen LogP contribution in [0.1, 0.15) is 30.9 Å². The highest BCUT2D eigenvalue weighted by Gasteiger charge is 2.49. The van der Waals surface area contributed by atoms with Crippen molar-refractivity contribution in [2.45, 2.75) is 37.8 Å². The third-order valence-electron chi connectivity index (χ3n) is 5.40. The van der Waals surface area contributed by atoms with Crippen LogP contribution in [0.3, 0.4) is 0 Å². The van der Waals surface area contributed by atoms with Crippen LogP contribution in [-0.2, 0) is 16.0 Å². The first-order valence-corrected chi connectivity index (χ1v) is 11.5. The van der Waals surface area contributed by atoms with Crippen molar-refractivity contribution < 1.29 is 19.4 Å². The van der Waals surface area contributed by atoms with Gasteiger partial charge in [0, 0.05) is 36.0 Å². The number of carbonyl (C=O) groups is 1. The van der Waals surface area contributed by atoms with Gasteiger partial charge in [-0.1, -0.05) is 34.1 Å². The number of nitrogens with zero attached hydrogens (tertiary/aromatic N) is 1. The molecule has 2 aromatic carbocycles. The van der Waals surface area contributed by atoms with Crippen molar-refractivity contribution in [3.05, 3.63) is 76.8 Å². The van der Waals surface area contributed by atoms with Crippen molar-refractivity contribution in [3.63, 3.8) is 0 Å². The smallest absolute Gasteiger partial charge is 0.252 e. The van der Waals surface area contributed by atoms with Crippen LogP contribution in [0.4, 0.5) is 0 Å². The number of ether oxygens (including phenoxy) is 2. The molecule has 0 saturated carbocycles. The summed E-state index contributed by atoms with van der Waals surface area (Å²) in [5, 5.41) is 11.9. The molecule has 170 valence electrons. The van der Waals surface area contributed by atoms with Crippen molar-refractivity contribution >= 4 is 27.7 Å². The van der Waals surface area contributed by atoms with E-state index >= 15 is 0 Å². The Morgan fingerprint density at radius 2 is 2.00 bits per heavy atom. The quantitative estimate of drug-likeness (QED) is 0.360. The maximum absolute atomic E-state index is 13.2. The van der Waals surface area contributed by atoms with Crippen LogP contribution < -0.4 is 10.1 Å². The minimum Gasteiger partial charge on any atom is -0.494 e. The summed E-state index contributed by atoms with van der Waals surface area (Å²) in [5.74, 6) is 0.974. The standard InChI is InChI=1S/C25H29BrN2O4/c1-3-14-25(24(30)27-15-13-19-5-9-21(26)10-6-19)18(2)32-23(28-25)20-7-11-22(12-8-20)31-17-4-16-29/h3,5-12,18,29H,1,4,13-17H2,2H3,(H,27,30)/t18-,25-/m1/s1. The number of nitrogens with one attached hydrogen (secondary N) is 1. The van der Waals surface area contributed by atoms with Crippen LogP contribution in [0.2, 0.25) is 0 Å². The van der Waals surface area contributed by atoms with E-state index in [-0.39, 0.29) is 12.5 Å². The lowest BCUT2D eigenvalue weighted by molar-refractivity contribution is -0.128. The summed E-state index contributed by atoms with van der Waals surface area (Å²) in [4.78, 5) is 17.9. The number of rotatable bonds is 11. The Bertz CT molecular complexity index is 943. The number of hydrogen-bond donors (Lipinski definition) is 2. The van der Waals surface area contributed by atoms with Gasteiger partial charge in [0.05, 0.1) is 6.61 Å². The Kier molecular flexibility index (Phi) is 8.47. The largest absolute Gasteiger partial charge is 0.494 e. The van der Waals surface area contributed by atoms with Crippen molar-refractivity contribution in [3.8, 4) is 5.75 Å². The summed E-state index contributed by atoms with van der Waals surface area (Å²) in [5.41, 5.74) is 0.875. The molecule has 0 aliphatic carbocycles. The normalized spacial score (nSPS) is 19.7. The fourth-order valence-corrected chi connectivity index (χ4v) is 3.79. The summed E-state index contributed by atoms with van der Waals surface area (Å²) in [6.07, 6.45) is 2.97. The zero-order valence-corrected chi connectivity index (χ0v) is 19.8. The number of carbonyl (C=O) groups excluding carboxylic acids is 1. The fraction of sp³-hybridized carbons (Fsp3) is 0.360. The topological polar surface area (TPSA) is 80.2 Å². The van der Waals surface area contributed by atoms with Crippen LogP contribution >= 0.6 is 15.9 Å². The van der Waals surface area contributed by atoms with Crippen molar-refractivity contribution in [1.29, 1.82) is 0 Å². The van der Waals surface area contributed by atoms with Gasteiger partial charge in [0.25, 0.3) is 5.91 Å². The van der Waals surface area contributed by atoms with Gasteiger partial charge < -0.3 is 19.9 Å². The SMILES string of the molecule is C=CC[C@@]1(C(=O)NCCc2ccc(Br)cc2)N=C(c2ccc(OCCCO)cc2)O[C@@H]1C. The molecule has 1 aliphatic rings. The lowest BCUT2D eigenvalue weighted by atomic mass is 9.89. The van der Waals surface area contributed by atoms with E-state index in [0.29, 0.717) is 37.6 Å². The molecule has 0 fully saturated rings. The van der Waals surface area contributed by atoms with Gasteiger partial charge in [-0.2, -0.15) is 0 Å². The molecule has 2 atom stereocenters. The van der Waals surface area contributed by atoms with Crippen molar-refractivity contribution in [2.24, 2.45) is 4.99 Å². The van der Waals surface area contributed by atoms with Gasteiger partial charge >= 0.3 is 0 Å². The first kappa shape index (κ1) is 24.0. The van der Waals surface area contributed by atoms with E-state index in [0.717, 1.165) is 22.0 Å². The maximum Gasteiger partial charge on any atom is 0.252 e. The molecule has 0 radical (unpaired) electrons. The third kappa shape index (κ3) is 5.78. The number of halogens is 1. The number of aliphatic hydroxyl groups is 1. The summed E-state index contributed by atoms with van der Waals surface area (Å²) in [6.45, 7) is 6.74. The predicted octanol–water partition coefficient (Wildman–Crippen LogP) is 4.05. The molecule has 6 nitrogen and oxygen atoms in total. The number of amides is 1. The lowest BCUT2D eigenvalue weighted by Crippen LogP contribution is -2.51. The second kappa shape index (κ2) is 11.3. The molecule has 0 spiro atoms. The van der Waals surface area contributed by atoms with Gasteiger partial charge in [-0.05, 0) is 55.3 Å². The molecule has 3 rings (SSSR count). The van der Waals surface area contributed by atoms with E-state index in [1.165, 1.54) is 0 Å². The summed E-state index contributed by atoms with van der Waals surface area (Å²) in [6, 6.07) is 15.4. The third-order valence-corrected chi connectivity index (χ3v) is 5.92. The zero-order chi connectivity index (χ0) is 23.0. The van der Waals surface area contributed by atoms with E-state index in [1.807, 2.05) is 55.5 Å². The molecule has 2 N–H and O–H groups in total. The van der Waals surface area contributed by atoms with Gasteiger partial charge in [0.15, 0.2) is 5.54 Å². The van der Waals surface area contributed by atoms with E-state index in [9.17, 15) is 4.79 Å². The average molecular weight is 501 g/mol. The molecule has 1 amide bonds. The maximum atomic E-state index is 13.2. The second-order valence-corrected chi connectivity index (χ2v) is 8.59. The minimum atomic E-state index is -1.05. The van der Waals surface area contributed by atoms with Crippen LogP contribution in [0.15, 0.2) is 70.7 Å². The zero-order valence-electron chi connectivity index (χ0n) is 18.2. The van der Waals surface area contributed by atoms with Crippen molar-refractivity contribution in [2.75, 3.05) is 19.8 Å². The van der Waals surface area contributed by atoms with Gasteiger partial charge in [0.1, 0.15) is 11.9 Å². The summed E-state index contributed by atoms with van der Waals surface area (Å²) in [7, 11) is 0. The summed E-state index contributed by atoms with van der Waals surface area (Å²) < 4.78 is 12.6. The Hall–Kier alpha value is -2.64. The molecule has 0 bridgehead atoms. The van der Waals surface area contributed by atoms with E-state index < -0.39 is 11.6 Å². The van der Waals surface area contributed by atoms with Gasteiger partial charge in [-0.15, -0.1) is 6.58 Å². The monoisotopic (exact) mass is 500 g/mol. The van der Waals surface area contributed by atoms with Crippen LogP contribution in [0, 0.1) is 0 Å². The highest BCUT2D eigenvalue weighted by atomic mass is 79.9. The Morgan fingerprint density at radius 3 is 2.66 bits per heavy atom. The van der Waals surface area contributed by atoms with E-state index in [4.69, 9.17) is 19.6 Å². The highest BCUT2D eigenvalue weighted by molar-refractivity contribution is 9.10. The molecule has 32 heavy (non-hydrogen) atoms. The number of aliphatic imine (C=N–C) groups is 1. The predicted molar refractivity (Wildman–Crippen MR) is 129 cm³/mol. The fourth-order valence-electron chi connectivity index (χ4n) is 3.53. The van der Waals surface area contributed by atoms with Crippen LogP contribution in [0.5, 0.6) is 5.75 Å². The molecular formula is C25H29BrN2O4. The highest BCUT2D eigenvalue weighted by Crippen LogP contribution is 2.32. The van der Waals surface area contributed by atoms with Gasteiger partial charge in [0.2, 0.25) is 5.90 Å². The van der Waals surface area contributed by atoms with Gasteiger partial charge in [-0.3, -0.25) is 4.79 Å². The molecule has 1 aliphatic heterocycles. The Balaban J connectivity index is 1.69. The molecular weight excluding hydrogens is 472 g/mol. The number of benzene rings is 2. The lowest BCUT2D eigenvalue weighted by Gasteiger charge is -2.26. The molecule has 2 aromatic rings. The minimum absolute atomic E-state index is 0.0944. The molecule has 7 heteroatoms. The van der Waals surface area contributed by atoms with Crippen LogP contribution in [-0.4, -0.2) is 48.3 Å². The molecule has 0 aromatic heterocycles. The first-order valence-electron chi connectivity index (χ1n) is 10.7. The van der Waals surface area contributed by atoms with E-state index in [2.05, 4.69) is 27.8 Å². The molecule has 0 unspecified atom stereocenters. The molecule has 0 saturated heterocycles. The molecule has 1 heterocycles. The Labute approximate surface area is 197 Å². The first-order chi connectivity index (χ1) is 15.5. The number of hydrogen-bond acceptors (Lipinski definition) is 5. The number of aliphatic hydroxyl groups excluding tert-OH is 1. The van der Waals surface area contributed by atoms with E-state index in [1.54, 1.807) is 6.08 Å². The summed E-state index contributed by atoms with van der Waals surface area (Å²) >= 11 is 3.43. The van der Waals surface area contributed by atoms with Gasteiger partial charge in [-0.25, -0.2) is 4.99 Å².